The van der Waals surface area contributed by atoms with E-state index in [4.69, 9.17) is 10.2 Å². The van der Waals surface area contributed by atoms with Crippen LogP contribution in [-0.2, 0) is 6.61 Å². The molecule has 0 unspecified atom stereocenters. The Hall–Kier alpha value is -2.46. The number of carboxylic acid groups (broad SMARTS) is 1. The van der Waals surface area contributed by atoms with E-state index >= 15 is 0 Å². The molecule has 2 rings (SSSR count). The zero-order valence-corrected chi connectivity index (χ0v) is 10.0. The summed E-state index contributed by atoms with van der Waals surface area (Å²) in [6.07, 6.45) is 0. The van der Waals surface area contributed by atoms with Crippen molar-refractivity contribution >= 4 is 11.8 Å². The lowest BCUT2D eigenvalue weighted by Gasteiger charge is -2.06. The summed E-state index contributed by atoms with van der Waals surface area (Å²) < 4.78 is 0. The second kappa shape index (κ2) is 5.46. The molecule has 0 atom stereocenters. The van der Waals surface area contributed by atoms with E-state index in [2.05, 4.69) is 0 Å². The number of carboxylic acids is 1. The molecule has 96 valence electrons. The van der Waals surface area contributed by atoms with Crippen molar-refractivity contribution in [3.05, 3.63) is 70.8 Å². The average Bonchev–Trinajstić information content (AvgIpc) is 2.46. The van der Waals surface area contributed by atoms with Crippen molar-refractivity contribution in [2.75, 3.05) is 0 Å². The largest absolute Gasteiger partial charge is 0.478 e. The maximum Gasteiger partial charge on any atom is 0.336 e. The number of carbonyl (C=O) groups is 2. The second-order valence-corrected chi connectivity index (χ2v) is 4.03. The van der Waals surface area contributed by atoms with Gasteiger partial charge in [0.25, 0.3) is 0 Å². The van der Waals surface area contributed by atoms with Crippen molar-refractivity contribution in [1.29, 1.82) is 0 Å². The standard InChI is InChI=1S/C15H12O4/c16-9-12-7-6-11(8-13(12)15(18)19)14(17)10-4-2-1-3-5-10/h1-8,16H,9H2,(H,18,19). The molecular weight excluding hydrogens is 244 g/mol. The van der Waals surface area contributed by atoms with E-state index in [-0.39, 0.29) is 23.5 Å². The summed E-state index contributed by atoms with van der Waals surface area (Å²) in [4.78, 5) is 23.2. The Bertz CT molecular complexity index is 617. The van der Waals surface area contributed by atoms with E-state index in [1.807, 2.05) is 0 Å². The molecule has 0 amide bonds. The Balaban J connectivity index is 2.44. The molecule has 4 heteroatoms. The van der Waals surface area contributed by atoms with E-state index in [0.717, 1.165) is 0 Å². The van der Waals surface area contributed by atoms with Crippen LogP contribution in [0.4, 0.5) is 0 Å². The predicted molar refractivity (Wildman–Crippen MR) is 69.2 cm³/mol. The topological polar surface area (TPSA) is 74.6 Å². The van der Waals surface area contributed by atoms with E-state index in [1.165, 1.54) is 18.2 Å². The van der Waals surface area contributed by atoms with Gasteiger partial charge in [0.05, 0.1) is 12.2 Å². The Morgan fingerprint density at radius 3 is 2.21 bits per heavy atom. The molecule has 2 N–H and O–H groups in total. The predicted octanol–water partition coefficient (Wildman–Crippen LogP) is 2.11. The van der Waals surface area contributed by atoms with Gasteiger partial charge in [0.1, 0.15) is 0 Å². The zero-order chi connectivity index (χ0) is 13.8. The smallest absolute Gasteiger partial charge is 0.336 e. The molecule has 0 aliphatic rings. The molecule has 0 saturated carbocycles. The summed E-state index contributed by atoms with van der Waals surface area (Å²) in [7, 11) is 0. The number of hydrogen-bond acceptors (Lipinski definition) is 3. The number of aliphatic hydroxyl groups is 1. The van der Waals surface area contributed by atoms with E-state index in [0.29, 0.717) is 11.1 Å². The Morgan fingerprint density at radius 2 is 1.63 bits per heavy atom. The Morgan fingerprint density at radius 1 is 0.947 bits per heavy atom. The molecule has 0 aromatic heterocycles. The fraction of sp³-hybridized carbons (Fsp3) is 0.0667. The molecule has 0 radical (unpaired) electrons. The van der Waals surface area contributed by atoms with Gasteiger partial charge in [0.2, 0.25) is 0 Å². The molecule has 0 spiro atoms. The molecule has 0 heterocycles. The van der Waals surface area contributed by atoms with E-state index < -0.39 is 5.97 Å². The van der Waals surface area contributed by atoms with Crippen LogP contribution in [0.15, 0.2) is 48.5 Å². The summed E-state index contributed by atoms with van der Waals surface area (Å²) in [5.41, 5.74) is 1.03. The van der Waals surface area contributed by atoms with Crippen molar-refractivity contribution in [2.24, 2.45) is 0 Å². The first-order chi connectivity index (χ1) is 9.13. The lowest BCUT2D eigenvalue weighted by atomic mass is 9.98. The van der Waals surface area contributed by atoms with Crippen LogP contribution in [-0.4, -0.2) is 22.0 Å². The minimum atomic E-state index is -1.16. The first-order valence-electron chi connectivity index (χ1n) is 5.70. The Labute approximate surface area is 109 Å². The van der Waals surface area contributed by atoms with Crippen LogP contribution in [0.25, 0.3) is 0 Å². The summed E-state index contributed by atoms with van der Waals surface area (Å²) in [6, 6.07) is 12.9. The van der Waals surface area contributed by atoms with Crippen LogP contribution < -0.4 is 0 Å². The molecule has 4 nitrogen and oxygen atoms in total. The maximum atomic E-state index is 12.2. The monoisotopic (exact) mass is 256 g/mol. The minimum Gasteiger partial charge on any atom is -0.478 e. The third kappa shape index (κ3) is 2.69. The van der Waals surface area contributed by atoms with Gasteiger partial charge in [-0.15, -0.1) is 0 Å². The number of hydrogen-bond donors (Lipinski definition) is 2. The number of ketones is 1. The van der Waals surface area contributed by atoms with Crippen LogP contribution in [0.5, 0.6) is 0 Å². The summed E-state index contributed by atoms with van der Waals surface area (Å²) in [6.45, 7) is -0.374. The fourth-order valence-corrected chi connectivity index (χ4v) is 1.81. The summed E-state index contributed by atoms with van der Waals surface area (Å²) in [5.74, 6) is -1.40. The molecule has 2 aromatic carbocycles. The molecule has 0 aliphatic carbocycles. The summed E-state index contributed by atoms with van der Waals surface area (Å²) in [5, 5.41) is 18.1. The average molecular weight is 256 g/mol. The summed E-state index contributed by atoms with van der Waals surface area (Å²) >= 11 is 0. The lowest BCUT2D eigenvalue weighted by Crippen LogP contribution is -2.07. The molecule has 19 heavy (non-hydrogen) atoms. The van der Waals surface area contributed by atoms with Gasteiger partial charge in [-0.05, 0) is 11.6 Å². The van der Waals surface area contributed by atoms with E-state index in [9.17, 15) is 9.59 Å². The molecule has 0 bridgehead atoms. The molecule has 0 fully saturated rings. The van der Waals surface area contributed by atoms with E-state index in [1.54, 1.807) is 30.3 Å². The van der Waals surface area contributed by atoms with Gasteiger partial charge in [0.15, 0.2) is 5.78 Å². The van der Waals surface area contributed by atoms with Crippen molar-refractivity contribution < 1.29 is 19.8 Å². The van der Waals surface area contributed by atoms with Gasteiger partial charge >= 0.3 is 5.97 Å². The maximum absolute atomic E-state index is 12.2. The van der Waals surface area contributed by atoms with Gasteiger partial charge in [-0.3, -0.25) is 4.79 Å². The molecule has 0 aliphatic heterocycles. The lowest BCUT2D eigenvalue weighted by molar-refractivity contribution is 0.0693. The minimum absolute atomic E-state index is 0.0516. The number of rotatable bonds is 4. The highest BCUT2D eigenvalue weighted by molar-refractivity contribution is 6.10. The van der Waals surface area contributed by atoms with Crippen LogP contribution in [0, 0.1) is 0 Å². The van der Waals surface area contributed by atoms with Gasteiger partial charge in [-0.25, -0.2) is 4.79 Å². The van der Waals surface area contributed by atoms with Crippen molar-refractivity contribution in [2.45, 2.75) is 6.61 Å². The van der Waals surface area contributed by atoms with Crippen LogP contribution in [0.2, 0.25) is 0 Å². The third-order valence-electron chi connectivity index (χ3n) is 2.81. The number of benzene rings is 2. The fourth-order valence-electron chi connectivity index (χ4n) is 1.81. The van der Waals surface area contributed by atoms with Crippen LogP contribution >= 0.6 is 0 Å². The van der Waals surface area contributed by atoms with Crippen molar-refractivity contribution in [3.8, 4) is 0 Å². The Kier molecular flexibility index (Phi) is 3.73. The van der Waals surface area contributed by atoms with Gasteiger partial charge < -0.3 is 10.2 Å². The highest BCUT2D eigenvalue weighted by atomic mass is 16.4. The van der Waals surface area contributed by atoms with Gasteiger partial charge in [0, 0.05) is 11.1 Å². The van der Waals surface area contributed by atoms with Crippen molar-refractivity contribution in [1.82, 2.24) is 0 Å². The molecule has 2 aromatic rings. The quantitative estimate of drug-likeness (QED) is 0.821. The van der Waals surface area contributed by atoms with Crippen LogP contribution in [0.3, 0.4) is 0 Å². The molecule has 0 saturated heterocycles. The third-order valence-corrected chi connectivity index (χ3v) is 2.81. The van der Waals surface area contributed by atoms with Gasteiger partial charge in [-0.2, -0.15) is 0 Å². The number of aromatic carboxylic acids is 1. The first-order valence-corrected chi connectivity index (χ1v) is 5.70. The second-order valence-electron chi connectivity index (χ2n) is 4.03. The highest BCUT2D eigenvalue weighted by Gasteiger charge is 2.14. The SMILES string of the molecule is O=C(c1ccccc1)c1ccc(CO)c(C(=O)O)c1. The highest BCUT2D eigenvalue weighted by Crippen LogP contribution is 2.16. The first kappa shape index (κ1) is 13.0. The van der Waals surface area contributed by atoms with Gasteiger partial charge in [-0.1, -0.05) is 42.5 Å². The van der Waals surface area contributed by atoms with Crippen molar-refractivity contribution in [3.63, 3.8) is 0 Å². The molecular formula is C15H12O4. The number of aliphatic hydroxyl groups excluding tert-OH is 1. The van der Waals surface area contributed by atoms with Crippen LogP contribution in [0.1, 0.15) is 31.8 Å². The number of carbonyl (C=O) groups excluding carboxylic acids is 1. The zero-order valence-electron chi connectivity index (χ0n) is 10.0. The normalized spacial score (nSPS) is 10.2.